The van der Waals surface area contributed by atoms with Crippen molar-refractivity contribution >= 4 is 17.4 Å². The van der Waals surface area contributed by atoms with Gasteiger partial charge in [-0.15, -0.1) is 0 Å². The molecule has 0 spiro atoms. The molecule has 0 aliphatic carbocycles. The number of nitrogens with zero attached hydrogens (tertiary/aromatic N) is 4. The standard InChI is InChI=1S/C18H23FN8O/c1-21-18(28)26-7-3-4-11(26)8-23-16-14(19)9-24-15(25-16)13-10-27(20)17-12(13)5-2-6-22-17/h2,5-6,9-11,17,22H,3-4,7-8,20H2,1H3,(H,21,28)(H,23,24,25)/t11-,17?/m1/s1. The molecular formula is C18H23FN8O. The van der Waals surface area contributed by atoms with Gasteiger partial charge < -0.3 is 20.9 Å². The van der Waals surface area contributed by atoms with E-state index in [0.717, 1.165) is 30.2 Å². The van der Waals surface area contributed by atoms with Crippen LogP contribution in [0.5, 0.6) is 0 Å². The molecule has 3 aliphatic heterocycles. The van der Waals surface area contributed by atoms with Gasteiger partial charge in [0.2, 0.25) is 0 Å². The van der Waals surface area contributed by atoms with E-state index in [2.05, 4.69) is 25.9 Å². The number of nitrogens with two attached hydrogens (primary N) is 1. The molecule has 0 aromatic carbocycles. The Labute approximate surface area is 162 Å². The van der Waals surface area contributed by atoms with Crippen molar-refractivity contribution in [3.8, 4) is 0 Å². The minimum absolute atomic E-state index is 0.0113. The highest BCUT2D eigenvalue weighted by atomic mass is 19.1. The molecule has 1 saturated heterocycles. The molecule has 3 aliphatic rings. The highest BCUT2D eigenvalue weighted by Crippen LogP contribution is 2.32. The first kappa shape index (κ1) is 18.2. The van der Waals surface area contributed by atoms with Crippen LogP contribution >= 0.6 is 0 Å². The zero-order chi connectivity index (χ0) is 19.7. The van der Waals surface area contributed by atoms with Crippen LogP contribution in [0.3, 0.4) is 0 Å². The number of hydrogen-bond acceptors (Lipinski definition) is 7. The van der Waals surface area contributed by atoms with Crippen molar-refractivity contribution in [1.82, 2.24) is 30.5 Å². The first-order chi connectivity index (χ1) is 13.6. The molecule has 9 nitrogen and oxygen atoms in total. The molecule has 28 heavy (non-hydrogen) atoms. The lowest BCUT2D eigenvalue weighted by Gasteiger charge is -2.25. The number of dihydropyridines is 1. The number of rotatable bonds is 4. The molecule has 1 aromatic rings. The summed E-state index contributed by atoms with van der Waals surface area (Å²) in [5.74, 6) is 5.98. The molecule has 5 N–H and O–H groups in total. The van der Waals surface area contributed by atoms with Crippen molar-refractivity contribution in [2.75, 3.05) is 25.5 Å². The Kier molecular flexibility index (Phi) is 4.86. The summed E-state index contributed by atoms with van der Waals surface area (Å²) >= 11 is 0. The number of carbonyl (C=O) groups excluding carboxylic acids is 1. The van der Waals surface area contributed by atoms with Crippen LogP contribution in [0.25, 0.3) is 5.57 Å². The van der Waals surface area contributed by atoms with Gasteiger partial charge in [-0.3, -0.25) is 5.01 Å². The van der Waals surface area contributed by atoms with E-state index in [0.29, 0.717) is 18.9 Å². The van der Waals surface area contributed by atoms with Gasteiger partial charge in [-0.25, -0.2) is 25.0 Å². The molecule has 1 unspecified atom stereocenters. The fourth-order valence-electron chi connectivity index (χ4n) is 3.74. The molecule has 4 heterocycles. The number of hydrogen-bond donors (Lipinski definition) is 4. The highest BCUT2D eigenvalue weighted by Gasteiger charge is 2.31. The molecule has 0 bridgehead atoms. The Balaban J connectivity index is 1.52. The van der Waals surface area contributed by atoms with E-state index in [4.69, 9.17) is 5.84 Å². The molecule has 2 amide bonds. The van der Waals surface area contributed by atoms with Crippen LogP contribution in [0.1, 0.15) is 18.7 Å². The predicted molar refractivity (Wildman–Crippen MR) is 103 cm³/mol. The number of aromatic nitrogens is 2. The summed E-state index contributed by atoms with van der Waals surface area (Å²) in [6.07, 6.45) is 10.1. The number of halogens is 1. The van der Waals surface area contributed by atoms with Gasteiger partial charge in [0.25, 0.3) is 0 Å². The number of amides is 2. The molecule has 1 fully saturated rings. The Hall–Kier alpha value is -3.14. The number of carbonyl (C=O) groups is 1. The third kappa shape index (κ3) is 3.26. The monoisotopic (exact) mass is 386 g/mol. The SMILES string of the molecule is CNC(=O)N1CCC[C@@H]1CNc1nc(C2=CN(N)C3NC=CC=C23)ncc1F. The van der Waals surface area contributed by atoms with Crippen LogP contribution in [0.2, 0.25) is 0 Å². The molecule has 4 rings (SSSR count). The zero-order valence-corrected chi connectivity index (χ0v) is 15.5. The second-order valence-electron chi connectivity index (χ2n) is 6.86. The van der Waals surface area contributed by atoms with Gasteiger partial charge in [0, 0.05) is 37.5 Å². The minimum Gasteiger partial charge on any atom is -0.366 e. The van der Waals surface area contributed by atoms with Crippen molar-refractivity contribution in [3.63, 3.8) is 0 Å². The lowest BCUT2D eigenvalue weighted by molar-refractivity contribution is 0.197. The molecule has 1 aromatic heterocycles. The van der Waals surface area contributed by atoms with Crippen molar-refractivity contribution in [1.29, 1.82) is 0 Å². The summed E-state index contributed by atoms with van der Waals surface area (Å²) in [5, 5.41) is 10.4. The predicted octanol–water partition coefficient (Wildman–Crippen LogP) is 0.731. The van der Waals surface area contributed by atoms with Crippen molar-refractivity contribution in [2.45, 2.75) is 25.0 Å². The second kappa shape index (κ2) is 7.47. The number of urea groups is 1. The van der Waals surface area contributed by atoms with Gasteiger partial charge >= 0.3 is 6.03 Å². The number of allylic oxidation sites excluding steroid dienone is 2. The maximum atomic E-state index is 14.3. The average Bonchev–Trinajstić information content (AvgIpc) is 3.32. The van der Waals surface area contributed by atoms with Gasteiger partial charge in [-0.2, -0.15) is 0 Å². The summed E-state index contributed by atoms with van der Waals surface area (Å²) in [4.78, 5) is 22.2. The molecule has 148 valence electrons. The first-order valence-corrected chi connectivity index (χ1v) is 9.21. The number of fused-ring (bicyclic) bond motifs is 1. The largest absolute Gasteiger partial charge is 0.366 e. The summed E-state index contributed by atoms with van der Waals surface area (Å²) < 4.78 is 14.3. The van der Waals surface area contributed by atoms with Crippen molar-refractivity contribution in [3.05, 3.63) is 48.0 Å². The zero-order valence-electron chi connectivity index (χ0n) is 15.5. The maximum absolute atomic E-state index is 14.3. The van der Waals surface area contributed by atoms with Crippen LogP contribution in [-0.4, -0.2) is 58.3 Å². The number of nitrogens with one attached hydrogen (secondary N) is 3. The van der Waals surface area contributed by atoms with E-state index >= 15 is 0 Å². The first-order valence-electron chi connectivity index (χ1n) is 9.21. The molecular weight excluding hydrogens is 363 g/mol. The van der Waals surface area contributed by atoms with Gasteiger partial charge in [0.15, 0.2) is 17.5 Å². The van der Waals surface area contributed by atoms with Crippen LogP contribution in [-0.2, 0) is 0 Å². The summed E-state index contributed by atoms with van der Waals surface area (Å²) in [6.45, 7) is 1.11. The second-order valence-corrected chi connectivity index (χ2v) is 6.86. The van der Waals surface area contributed by atoms with E-state index < -0.39 is 5.82 Å². The van der Waals surface area contributed by atoms with Gasteiger partial charge in [0.05, 0.1) is 12.2 Å². The normalized spacial score (nSPS) is 23.1. The van der Waals surface area contributed by atoms with E-state index in [1.165, 1.54) is 5.01 Å². The number of anilines is 1. The van der Waals surface area contributed by atoms with E-state index in [-0.39, 0.29) is 24.1 Å². The van der Waals surface area contributed by atoms with Crippen LogP contribution in [0.4, 0.5) is 15.0 Å². The fraction of sp³-hybridized carbons (Fsp3) is 0.389. The molecule has 0 saturated carbocycles. The average molecular weight is 386 g/mol. The Morgan fingerprint density at radius 3 is 3.18 bits per heavy atom. The lowest BCUT2D eigenvalue weighted by Crippen LogP contribution is -2.44. The smallest absolute Gasteiger partial charge is 0.317 e. The van der Waals surface area contributed by atoms with E-state index in [1.807, 2.05) is 18.4 Å². The van der Waals surface area contributed by atoms with Crippen molar-refractivity contribution in [2.24, 2.45) is 5.84 Å². The molecule has 0 radical (unpaired) electrons. The third-order valence-electron chi connectivity index (χ3n) is 5.15. The van der Waals surface area contributed by atoms with Crippen LogP contribution in [0.15, 0.2) is 36.3 Å². The topological polar surface area (TPSA) is 111 Å². The summed E-state index contributed by atoms with van der Waals surface area (Å²) in [5.41, 5.74) is 1.66. The number of likely N-dealkylation sites (tertiary alicyclic amines) is 1. The highest BCUT2D eigenvalue weighted by molar-refractivity contribution is 5.80. The fourth-order valence-corrected chi connectivity index (χ4v) is 3.74. The quantitative estimate of drug-likeness (QED) is 0.565. The van der Waals surface area contributed by atoms with Crippen LogP contribution in [0, 0.1) is 5.82 Å². The lowest BCUT2D eigenvalue weighted by atomic mass is 10.0. The Bertz CT molecular complexity index is 867. The van der Waals surface area contributed by atoms with Crippen molar-refractivity contribution < 1.29 is 9.18 Å². The van der Waals surface area contributed by atoms with Gasteiger partial charge in [-0.1, -0.05) is 6.08 Å². The molecule has 2 atom stereocenters. The van der Waals surface area contributed by atoms with E-state index in [9.17, 15) is 9.18 Å². The Morgan fingerprint density at radius 1 is 1.50 bits per heavy atom. The molecule has 10 heteroatoms. The minimum atomic E-state index is -0.538. The van der Waals surface area contributed by atoms with Gasteiger partial charge in [0.1, 0.15) is 6.17 Å². The maximum Gasteiger partial charge on any atom is 0.317 e. The third-order valence-corrected chi connectivity index (χ3v) is 5.15. The van der Waals surface area contributed by atoms with Gasteiger partial charge in [-0.05, 0) is 25.1 Å². The number of hydrazine groups is 1. The van der Waals surface area contributed by atoms with Crippen LogP contribution < -0.4 is 21.8 Å². The Morgan fingerprint density at radius 2 is 2.36 bits per heavy atom. The van der Waals surface area contributed by atoms with E-state index in [1.54, 1.807) is 18.1 Å². The summed E-state index contributed by atoms with van der Waals surface area (Å²) in [6, 6.07) is -0.133. The summed E-state index contributed by atoms with van der Waals surface area (Å²) in [7, 11) is 1.61.